The molecule has 0 aliphatic carbocycles. The number of rotatable bonds is 6. The lowest BCUT2D eigenvalue weighted by Gasteiger charge is -2.13. The number of esters is 1. The first-order valence-electron chi connectivity index (χ1n) is 9.13. The average molecular weight is 385 g/mol. The molecule has 0 aliphatic rings. The Bertz CT molecular complexity index is 1090. The molecule has 4 aromatic rings. The van der Waals surface area contributed by atoms with E-state index in [-0.39, 0.29) is 5.97 Å². The molecular weight excluding hydrogens is 366 g/mol. The van der Waals surface area contributed by atoms with Gasteiger partial charge < -0.3 is 13.9 Å². The molecule has 1 aromatic heterocycles. The fourth-order valence-corrected chi connectivity index (χ4v) is 3.03. The van der Waals surface area contributed by atoms with E-state index in [2.05, 4.69) is 4.98 Å². The van der Waals surface area contributed by atoms with E-state index in [0.29, 0.717) is 17.9 Å². The van der Waals surface area contributed by atoms with Crippen molar-refractivity contribution in [1.82, 2.24) is 4.98 Å². The molecule has 0 fully saturated rings. The van der Waals surface area contributed by atoms with Gasteiger partial charge in [0.05, 0.1) is 18.9 Å². The zero-order chi connectivity index (χ0) is 20.1. The molecule has 5 nitrogen and oxygen atoms in total. The van der Waals surface area contributed by atoms with Crippen molar-refractivity contribution >= 4 is 5.97 Å². The molecule has 0 bridgehead atoms. The molecule has 144 valence electrons. The maximum absolute atomic E-state index is 11.7. The molecule has 0 saturated heterocycles. The Hall–Kier alpha value is -3.86. The summed E-state index contributed by atoms with van der Waals surface area (Å²) in [7, 11) is 1.37. The van der Waals surface area contributed by atoms with Gasteiger partial charge in [0.25, 0.3) is 0 Å². The van der Waals surface area contributed by atoms with E-state index in [4.69, 9.17) is 13.9 Å². The maximum atomic E-state index is 11.7. The number of aromatic nitrogens is 1. The van der Waals surface area contributed by atoms with Crippen LogP contribution >= 0.6 is 0 Å². The van der Waals surface area contributed by atoms with Crippen molar-refractivity contribution < 1.29 is 18.7 Å². The van der Waals surface area contributed by atoms with E-state index in [9.17, 15) is 4.79 Å². The van der Waals surface area contributed by atoms with Crippen LogP contribution in [0, 0.1) is 0 Å². The van der Waals surface area contributed by atoms with Crippen molar-refractivity contribution in [3.8, 4) is 28.2 Å². The molecule has 0 aliphatic heterocycles. The predicted molar refractivity (Wildman–Crippen MR) is 109 cm³/mol. The largest absolute Gasteiger partial charge is 0.488 e. The van der Waals surface area contributed by atoms with Gasteiger partial charge in [-0.2, -0.15) is 0 Å². The number of oxazole rings is 1. The van der Waals surface area contributed by atoms with Crippen molar-refractivity contribution in [3.05, 3.63) is 96.5 Å². The van der Waals surface area contributed by atoms with Gasteiger partial charge in [-0.1, -0.05) is 42.5 Å². The van der Waals surface area contributed by atoms with Crippen molar-refractivity contribution in [1.29, 1.82) is 0 Å². The standard InChI is InChI=1S/C24H19NO4/c1-27-24(26)19-9-7-18(8-10-19)21-13-20(23-14-25-16-29-23)11-12-22(21)28-15-17-5-3-2-4-6-17/h2-14,16H,15H2,1H3. The summed E-state index contributed by atoms with van der Waals surface area (Å²) in [5, 5.41) is 0. The SMILES string of the molecule is COC(=O)c1ccc(-c2cc(-c3cnco3)ccc2OCc2ccccc2)cc1. The molecule has 3 aromatic carbocycles. The van der Waals surface area contributed by atoms with E-state index in [0.717, 1.165) is 28.0 Å². The Kier molecular flexibility index (Phi) is 5.38. The summed E-state index contributed by atoms with van der Waals surface area (Å²) in [6.07, 6.45) is 3.07. The number of nitrogens with zero attached hydrogens (tertiary/aromatic N) is 1. The first-order chi connectivity index (χ1) is 14.2. The number of carbonyl (C=O) groups excluding carboxylic acids is 1. The molecule has 29 heavy (non-hydrogen) atoms. The summed E-state index contributed by atoms with van der Waals surface area (Å²) in [4.78, 5) is 15.7. The Morgan fingerprint density at radius 1 is 0.966 bits per heavy atom. The molecule has 5 heteroatoms. The molecule has 0 unspecified atom stereocenters. The first-order valence-corrected chi connectivity index (χ1v) is 9.13. The molecule has 0 spiro atoms. The van der Waals surface area contributed by atoms with E-state index < -0.39 is 0 Å². The highest BCUT2D eigenvalue weighted by atomic mass is 16.5. The van der Waals surface area contributed by atoms with Gasteiger partial charge in [-0.3, -0.25) is 0 Å². The van der Waals surface area contributed by atoms with Gasteiger partial charge in [0.1, 0.15) is 12.4 Å². The van der Waals surface area contributed by atoms with Crippen LogP contribution in [0.25, 0.3) is 22.5 Å². The lowest BCUT2D eigenvalue weighted by Crippen LogP contribution is -2.01. The second-order valence-electron chi connectivity index (χ2n) is 6.42. The van der Waals surface area contributed by atoms with Gasteiger partial charge in [0, 0.05) is 11.1 Å². The molecule has 0 atom stereocenters. The summed E-state index contributed by atoms with van der Waals surface area (Å²) < 4.78 is 16.3. The minimum absolute atomic E-state index is 0.368. The summed E-state index contributed by atoms with van der Waals surface area (Å²) in [6.45, 7) is 0.454. The number of hydrogen-bond donors (Lipinski definition) is 0. The van der Waals surface area contributed by atoms with Crippen LogP contribution < -0.4 is 4.74 Å². The highest BCUT2D eigenvalue weighted by Crippen LogP contribution is 2.35. The topological polar surface area (TPSA) is 61.6 Å². The van der Waals surface area contributed by atoms with Crippen LogP contribution in [0.4, 0.5) is 0 Å². The number of methoxy groups -OCH3 is 1. The highest BCUT2D eigenvalue weighted by molar-refractivity contribution is 5.90. The van der Waals surface area contributed by atoms with Crippen LogP contribution in [0.1, 0.15) is 15.9 Å². The van der Waals surface area contributed by atoms with Crippen molar-refractivity contribution in [3.63, 3.8) is 0 Å². The Morgan fingerprint density at radius 2 is 1.72 bits per heavy atom. The summed E-state index contributed by atoms with van der Waals surface area (Å²) in [5.74, 6) is 1.04. The van der Waals surface area contributed by atoms with Crippen molar-refractivity contribution in [2.75, 3.05) is 7.11 Å². The normalized spacial score (nSPS) is 10.5. The van der Waals surface area contributed by atoms with Crippen LogP contribution in [0.3, 0.4) is 0 Å². The zero-order valence-electron chi connectivity index (χ0n) is 15.9. The van der Waals surface area contributed by atoms with E-state index in [1.807, 2.05) is 60.7 Å². The second-order valence-corrected chi connectivity index (χ2v) is 6.42. The van der Waals surface area contributed by atoms with Crippen molar-refractivity contribution in [2.45, 2.75) is 6.61 Å². The quantitative estimate of drug-likeness (QED) is 0.417. The summed E-state index contributed by atoms with van der Waals surface area (Å²) >= 11 is 0. The van der Waals surface area contributed by atoms with Crippen LogP contribution in [0.5, 0.6) is 5.75 Å². The Morgan fingerprint density at radius 3 is 2.41 bits per heavy atom. The van der Waals surface area contributed by atoms with Gasteiger partial charge in [-0.15, -0.1) is 0 Å². The van der Waals surface area contributed by atoms with Gasteiger partial charge in [0.2, 0.25) is 0 Å². The fourth-order valence-electron chi connectivity index (χ4n) is 3.03. The molecule has 1 heterocycles. The maximum Gasteiger partial charge on any atom is 0.337 e. The molecule has 4 rings (SSSR count). The van der Waals surface area contributed by atoms with Gasteiger partial charge in [-0.05, 0) is 41.5 Å². The van der Waals surface area contributed by atoms with Gasteiger partial charge in [-0.25, -0.2) is 9.78 Å². The lowest BCUT2D eigenvalue weighted by atomic mass is 10.00. The fraction of sp³-hybridized carbons (Fsp3) is 0.0833. The van der Waals surface area contributed by atoms with Gasteiger partial charge >= 0.3 is 5.97 Å². The van der Waals surface area contributed by atoms with E-state index in [1.165, 1.54) is 13.5 Å². The smallest absolute Gasteiger partial charge is 0.337 e. The lowest BCUT2D eigenvalue weighted by molar-refractivity contribution is 0.0601. The highest BCUT2D eigenvalue weighted by Gasteiger charge is 2.12. The second kappa shape index (κ2) is 8.44. The zero-order valence-corrected chi connectivity index (χ0v) is 15.9. The molecule has 0 radical (unpaired) electrons. The summed E-state index contributed by atoms with van der Waals surface area (Å²) in [5.41, 5.74) is 4.28. The van der Waals surface area contributed by atoms with E-state index >= 15 is 0 Å². The third-order valence-corrected chi connectivity index (χ3v) is 4.55. The number of benzene rings is 3. The number of carbonyl (C=O) groups is 1. The molecule has 0 N–H and O–H groups in total. The Labute approximate surface area is 168 Å². The van der Waals surface area contributed by atoms with Crippen LogP contribution in [-0.4, -0.2) is 18.1 Å². The summed E-state index contributed by atoms with van der Waals surface area (Å²) in [6, 6.07) is 23.1. The monoisotopic (exact) mass is 385 g/mol. The van der Waals surface area contributed by atoms with Gasteiger partial charge in [0.15, 0.2) is 12.2 Å². The average Bonchev–Trinajstić information content (AvgIpc) is 3.33. The van der Waals surface area contributed by atoms with Crippen molar-refractivity contribution in [2.24, 2.45) is 0 Å². The number of hydrogen-bond acceptors (Lipinski definition) is 5. The third-order valence-electron chi connectivity index (χ3n) is 4.55. The minimum atomic E-state index is -0.368. The molecule has 0 amide bonds. The van der Waals surface area contributed by atoms with Crippen LogP contribution in [0.15, 0.2) is 89.8 Å². The molecular formula is C24H19NO4. The first kappa shape index (κ1) is 18.5. The minimum Gasteiger partial charge on any atom is -0.488 e. The third kappa shape index (κ3) is 4.19. The number of ether oxygens (including phenoxy) is 2. The van der Waals surface area contributed by atoms with E-state index in [1.54, 1.807) is 18.3 Å². The molecule has 0 saturated carbocycles. The van der Waals surface area contributed by atoms with Crippen LogP contribution in [0.2, 0.25) is 0 Å². The predicted octanol–water partition coefficient (Wildman–Crippen LogP) is 5.37. The van der Waals surface area contributed by atoms with Crippen LogP contribution in [-0.2, 0) is 11.3 Å². The Balaban J connectivity index is 1.69.